The van der Waals surface area contributed by atoms with Gasteiger partial charge in [-0.2, -0.15) is 14.6 Å². The number of anilines is 1. The molecule has 0 amide bonds. The molecule has 1 aliphatic rings. The molecule has 8 nitrogen and oxygen atoms in total. The second-order valence-corrected chi connectivity index (χ2v) is 7.21. The van der Waals surface area contributed by atoms with Crippen LogP contribution in [-0.4, -0.2) is 64.7 Å². The topological polar surface area (TPSA) is 83.7 Å². The van der Waals surface area contributed by atoms with Crippen LogP contribution in [0, 0.1) is 6.92 Å². The van der Waals surface area contributed by atoms with Gasteiger partial charge in [-0.1, -0.05) is 0 Å². The first-order valence-corrected chi connectivity index (χ1v) is 8.67. The Labute approximate surface area is 123 Å². The van der Waals surface area contributed by atoms with Crippen LogP contribution in [0.5, 0.6) is 0 Å². The molecule has 1 fully saturated rings. The molecule has 1 saturated heterocycles. The third kappa shape index (κ3) is 2.84. The van der Waals surface area contributed by atoms with Crippen LogP contribution in [0.15, 0.2) is 12.4 Å². The summed E-state index contributed by atoms with van der Waals surface area (Å²) in [6.45, 7) is 4.37. The number of rotatable bonds is 2. The van der Waals surface area contributed by atoms with E-state index >= 15 is 0 Å². The second kappa shape index (κ2) is 5.23. The van der Waals surface area contributed by atoms with Crippen LogP contribution in [0.2, 0.25) is 0 Å². The van der Waals surface area contributed by atoms with Crippen LogP contribution in [0.25, 0.3) is 5.78 Å². The molecule has 114 valence electrons. The number of nitrogens with zero attached hydrogens (tertiary/aromatic N) is 6. The number of hydrogen-bond donors (Lipinski definition) is 0. The Morgan fingerprint density at radius 1 is 1.19 bits per heavy atom. The first kappa shape index (κ1) is 14.2. The van der Waals surface area contributed by atoms with Crippen molar-refractivity contribution in [1.29, 1.82) is 0 Å². The molecule has 0 N–H and O–H groups in total. The van der Waals surface area contributed by atoms with Crippen LogP contribution in [0.3, 0.4) is 0 Å². The summed E-state index contributed by atoms with van der Waals surface area (Å²) in [5.74, 6) is 1.47. The van der Waals surface area contributed by atoms with E-state index < -0.39 is 10.0 Å². The van der Waals surface area contributed by atoms with Crippen LogP contribution in [0.4, 0.5) is 5.82 Å². The highest BCUT2D eigenvalue weighted by Gasteiger charge is 2.23. The van der Waals surface area contributed by atoms with Gasteiger partial charge in [-0.25, -0.2) is 17.7 Å². The first-order valence-electron chi connectivity index (χ1n) is 6.82. The highest BCUT2D eigenvalue weighted by atomic mass is 32.2. The minimum atomic E-state index is -3.14. The van der Waals surface area contributed by atoms with E-state index in [-0.39, 0.29) is 0 Å². The summed E-state index contributed by atoms with van der Waals surface area (Å²) < 4.78 is 26.6. The summed E-state index contributed by atoms with van der Waals surface area (Å²) in [5, 5.41) is 4.20. The van der Waals surface area contributed by atoms with Crippen molar-refractivity contribution in [3.8, 4) is 0 Å². The summed E-state index contributed by atoms with van der Waals surface area (Å²) in [6.07, 6.45) is 3.52. The van der Waals surface area contributed by atoms with Gasteiger partial charge in [-0.05, 0) is 13.3 Å². The molecule has 0 aromatic carbocycles. The number of sulfonamides is 1. The van der Waals surface area contributed by atoms with E-state index in [0.29, 0.717) is 25.4 Å². The summed E-state index contributed by atoms with van der Waals surface area (Å²) in [6, 6.07) is 1.96. The van der Waals surface area contributed by atoms with Gasteiger partial charge in [0.05, 0.1) is 6.26 Å². The van der Waals surface area contributed by atoms with Gasteiger partial charge in [0.15, 0.2) is 0 Å². The van der Waals surface area contributed by atoms with Crippen LogP contribution in [0.1, 0.15) is 12.1 Å². The van der Waals surface area contributed by atoms with Crippen molar-refractivity contribution in [3.05, 3.63) is 18.1 Å². The molecule has 0 saturated carbocycles. The molecule has 0 spiro atoms. The third-order valence-corrected chi connectivity index (χ3v) is 4.91. The van der Waals surface area contributed by atoms with Crippen molar-refractivity contribution in [1.82, 2.24) is 23.9 Å². The second-order valence-electron chi connectivity index (χ2n) is 5.23. The van der Waals surface area contributed by atoms with Crippen molar-refractivity contribution in [3.63, 3.8) is 0 Å². The fraction of sp³-hybridized carbons (Fsp3) is 0.583. The molecule has 3 rings (SSSR count). The zero-order chi connectivity index (χ0) is 15.0. The molecule has 3 heterocycles. The molecule has 0 unspecified atom stereocenters. The first-order chi connectivity index (χ1) is 9.95. The number of hydrogen-bond acceptors (Lipinski definition) is 6. The standard InChI is InChI=1S/C12H18N6O2S/c1-10-8-11(18-12(15-10)13-9-14-18)16-4-3-5-17(7-6-16)21(2,19)20/h8-9H,3-7H2,1-2H3. The molecule has 2 aromatic rings. The summed E-state index contributed by atoms with van der Waals surface area (Å²) in [7, 11) is -3.14. The predicted molar refractivity (Wildman–Crippen MR) is 78.8 cm³/mol. The third-order valence-electron chi connectivity index (χ3n) is 3.61. The molecule has 2 aromatic heterocycles. The lowest BCUT2D eigenvalue weighted by molar-refractivity contribution is 0.437. The van der Waals surface area contributed by atoms with Crippen molar-refractivity contribution in [2.45, 2.75) is 13.3 Å². The van der Waals surface area contributed by atoms with Gasteiger partial charge in [-0.15, -0.1) is 0 Å². The molecule has 0 radical (unpaired) electrons. The van der Waals surface area contributed by atoms with Gasteiger partial charge in [0.2, 0.25) is 10.0 Å². The fourth-order valence-electron chi connectivity index (χ4n) is 2.59. The number of fused-ring (bicyclic) bond motifs is 1. The Hall–Kier alpha value is -1.74. The molecule has 21 heavy (non-hydrogen) atoms. The van der Waals surface area contributed by atoms with Crippen LogP contribution in [-0.2, 0) is 10.0 Å². The van der Waals surface area contributed by atoms with E-state index in [4.69, 9.17) is 0 Å². The van der Waals surface area contributed by atoms with Gasteiger partial charge in [0.1, 0.15) is 12.1 Å². The maximum absolute atomic E-state index is 11.7. The largest absolute Gasteiger partial charge is 0.355 e. The molecular weight excluding hydrogens is 292 g/mol. The average Bonchev–Trinajstić information content (AvgIpc) is 2.71. The van der Waals surface area contributed by atoms with Crippen molar-refractivity contribution in [2.75, 3.05) is 37.3 Å². The average molecular weight is 310 g/mol. The Balaban J connectivity index is 1.91. The molecule has 1 aliphatic heterocycles. The summed E-state index contributed by atoms with van der Waals surface area (Å²) >= 11 is 0. The summed E-state index contributed by atoms with van der Waals surface area (Å²) in [5.41, 5.74) is 0.870. The van der Waals surface area contributed by atoms with Crippen molar-refractivity contribution in [2.24, 2.45) is 0 Å². The Morgan fingerprint density at radius 2 is 2.00 bits per heavy atom. The van der Waals surface area contributed by atoms with E-state index in [9.17, 15) is 8.42 Å². The lowest BCUT2D eigenvalue weighted by atomic mass is 10.3. The van der Waals surface area contributed by atoms with Crippen molar-refractivity contribution >= 4 is 21.6 Å². The summed E-state index contributed by atoms with van der Waals surface area (Å²) in [4.78, 5) is 10.6. The van der Waals surface area contributed by atoms with E-state index in [1.54, 1.807) is 4.52 Å². The Kier molecular flexibility index (Phi) is 3.54. The lowest BCUT2D eigenvalue weighted by Crippen LogP contribution is -2.35. The number of aryl methyl sites for hydroxylation is 1. The van der Waals surface area contributed by atoms with Crippen LogP contribution >= 0.6 is 0 Å². The lowest BCUT2D eigenvalue weighted by Gasteiger charge is -2.23. The van der Waals surface area contributed by atoms with Crippen LogP contribution < -0.4 is 4.90 Å². The highest BCUT2D eigenvalue weighted by Crippen LogP contribution is 2.18. The zero-order valence-electron chi connectivity index (χ0n) is 12.1. The highest BCUT2D eigenvalue weighted by molar-refractivity contribution is 7.88. The van der Waals surface area contributed by atoms with Gasteiger partial charge >= 0.3 is 0 Å². The van der Waals surface area contributed by atoms with E-state index in [1.807, 2.05) is 13.0 Å². The molecule has 0 bridgehead atoms. The maximum Gasteiger partial charge on any atom is 0.254 e. The normalized spacial score (nSPS) is 18.1. The SMILES string of the molecule is Cc1cc(N2CCCN(S(C)(=O)=O)CC2)n2ncnc2n1. The molecule has 0 atom stereocenters. The number of aromatic nitrogens is 4. The minimum absolute atomic E-state index is 0.483. The van der Waals surface area contributed by atoms with Gasteiger partial charge < -0.3 is 4.90 Å². The van der Waals surface area contributed by atoms with Gasteiger partial charge in [0, 0.05) is 37.9 Å². The monoisotopic (exact) mass is 310 g/mol. The molecule has 0 aliphatic carbocycles. The Bertz CT molecular complexity index is 756. The quantitative estimate of drug-likeness (QED) is 0.770. The zero-order valence-corrected chi connectivity index (χ0v) is 12.9. The fourth-order valence-corrected chi connectivity index (χ4v) is 3.47. The molecular formula is C12H18N6O2S. The van der Waals surface area contributed by atoms with E-state index in [1.165, 1.54) is 16.9 Å². The predicted octanol–water partition coefficient (Wildman–Crippen LogP) is -0.0956. The smallest absolute Gasteiger partial charge is 0.254 e. The van der Waals surface area contributed by atoms with Crippen molar-refractivity contribution < 1.29 is 8.42 Å². The molecule has 9 heteroatoms. The van der Waals surface area contributed by atoms with E-state index in [0.717, 1.165) is 24.5 Å². The van der Waals surface area contributed by atoms with Gasteiger partial charge in [0.25, 0.3) is 5.78 Å². The minimum Gasteiger partial charge on any atom is -0.355 e. The maximum atomic E-state index is 11.7. The van der Waals surface area contributed by atoms with Gasteiger partial charge in [-0.3, -0.25) is 0 Å². The van der Waals surface area contributed by atoms with E-state index in [2.05, 4.69) is 20.0 Å². The Morgan fingerprint density at radius 3 is 2.76 bits per heavy atom.